The molecule has 5 nitrogen and oxygen atoms in total. The number of urea groups is 1. The standard InChI is InChI=1S/C17H27N3O2/c1-4-5-6-9-13(2)19-17(22)20-15-11-8-7-10-14(15)12-16(21)18-3/h7-8,10-11,13H,4-6,9,12H2,1-3H3,(H,18,21)(H2,19,20,22)/t13-/m1/s1. The second kappa shape index (κ2) is 9.82. The van der Waals surface area contributed by atoms with Crippen molar-refractivity contribution in [1.82, 2.24) is 10.6 Å². The van der Waals surface area contributed by atoms with Gasteiger partial charge < -0.3 is 16.0 Å². The van der Waals surface area contributed by atoms with Crippen LogP contribution >= 0.6 is 0 Å². The number of rotatable bonds is 8. The molecule has 0 spiro atoms. The van der Waals surface area contributed by atoms with E-state index in [-0.39, 0.29) is 24.4 Å². The van der Waals surface area contributed by atoms with Gasteiger partial charge in [0.25, 0.3) is 0 Å². The first-order valence-corrected chi connectivity index (χ1v) is 7.92. The quantitative estimate of drug-likeness (QED) is 0.646. The number of nitrogens with one attached hydrogen (secondary N) is 3. The first-order valence-electron chi connectivity index (χ1n) is 7.92. The normalized spacial score (nSPS) is 11.6. The molecule has 0 aliphatic rings. The van der Waals surface area contributed by atoms with Gasteiger partial charge >= 0.3 is 6.03 Å². The van der Waals surface area contributed by atoms with Crippen molar-refractivity contribution in [1.29, 1.82) is 0 Å². The summed E-state index contributed by atoms with van der Waals surface area (Å²) >= 11 is 0. The van der Waals surface area contributed by atoms with Crippen molar-refractivity contribution in [3.05, 3.63) is 29.8 Å². The predicted octanol–water partition coefficient (Wildman–Crippen LogP) is 3.07. The van der Waals surface area contributed by atoms with Crippen LogP contribution < -0.4 is 16.0 Å². The molecule has 22 heavy (non-hydrogen) atoms. The van der Waals surface area contributed by atoms with Gasteiger partial charge in [-0.3, -0.25) is 4.79 Å². The lowest BCUT2D eigenvalue weighted by Crippen LogP contribution is -2.36. The number of unbranched alkanes of at least 4 members (excludes halogenated alkanes) is 2. The molecule has 0 radical (unpaired) electrons. The minimum absolute atomic E-state index is 0.0809. The molecule has 1 aromatic carbocycles. The molecular weight excluding hydrogens is 278 g/mol. The molecule has 1 atom stereocenters. The summed E-state index contributed by atoms with van der Waals surface area (Å²) < 4.78 is 0. The smallest absolute Gasteiger partial charge is 0.319 e. The van der Waals surface area contributed by atoms with E-state index in [2.05, 4.69) is 22.9 Å². The zero-order chi connectivity index (χ0) is 16.4. The molecule has 0 aromatic heterocycles. The Morgan fingerprint density at radius 1 is 1.18 bits per heavy atom. The fraction of sp³-hybridized carbons (Fsp3) is 0.529. The Bertz CT molecular complexity index is 489. The summed E-state index contributed by atoms with van der Waals surface area (Å²) in [6, 6.07) is 7.25. The summed E-state index contributed by atoms with van der Waals surface area (Å²) in [6.45, 7) is 4.17. The molecular formula is C17H27N3O2. The Balaban J connectivity index is 2.55. The van der Waals surface area contributed by atoms with E-state index < -0.39 is 0 Å². The monoisotopic (exact) mass is 305 g/mol. The molecule has 0 bridgehead atoms. The molecule has 3 N–H and O–H groups in total. The van der Waals surface area contributed by atoms with Crippen molar-refractivity contribution in [2.45, 2.75) is 52.0 Å². The van der Waals surface area contributed by atoms with Gasteiger partial charge in [-0.25, -0.2) is 4.79 Å². The summed E-state index contributed by atoms with van der Waals surface area (Å²) in [5, 5.41) is 8.35. The van der Waals surface area contributed by atoms with Crippen molar-refractivity contribution < 1.29 is 9.59 Å². The largest absolute Gasteiger partial charge is 0.359 e. The van der Waals surface area contributed by atoms with Crippen LogP contribution in [0.1, 0.15) is 45.1 Å². The Morgan fingerprint density at radius 2 is 1.91 bits per heavy atom. The van der Waals surface area contributed by atoms with Crippen LogP contribution in [0.25, 0.3) is 0 Å². The van der Waals surface area contributed by atoms with E-state index in [4.69, 9.17) is 0 Å². The van der Waals surface area contributed by atoms with Crippen LogP contribution in [-0.2, 0) is 11.2 Å². The summed E-state index contributed by atoms with van der Waals surface area (Å²) in [4.78, 5) is 23.5. The lowest BCUT2D eigenvalue weighted by Gasteiger charge is -2.16. The molecule has 1 rings (SSSR count). The third-order valence-corrected chi connectivity index (χ3v) is 3.51. The summed E-state index contributed by atoms with van der Waals surface area (Å²) in [5.41, 5.74) is 1.47. The maximum Gasteiger partial charge on any atom is 0.319 e. The topological polar surface area (TPSA) is 70.2 Å². The second-order valence-corrected chi connectivity index (χ2v) is 5.50. The fourth-order valence-corrected chi connectivity index (χ4v) is 2.21. The summed E-state index contributed by atoms with van der Waals surface area (Å²) in [7, 11) is 1.60. The summed E-state index contributed by atoms with van der Waals surface area (Å²) in [6.07, 6.45) is 4.69. The third kappa shape index (κ3) is 6.61. The van der Waals surface area contributed by atoms with Crippen LogP contribution in [0.3, 0.4) is 0 Å². The molecule has 0 aliphatic carbocycles. The van der Waals surface area contributed by atoms with Gasteiger partial charge in [0.05, 0.1) is 6.42 Å². The molecule has 3 amide bonds. The van der Waals surface area contributed by atoms with Crippen LogP contribution in [0.15, 0.2) is 24.3 Å². The number of carbonyl (C=O) groups excluding carboxylic acids is 2. The Hall–Kier alpha value is -2.04. The maximum absolute atomic E-state index is 12.0. The van der Waals surface area contributed by atoms with E-state index in [1.807, 2.05) is 25.1 Å². The minimum Gasteiger partial charge on any atom is -0.359 e. The number of amides is 3. The summed E-state index contributed by atoms with van der Waals surface area (Å²) in [5.74, 6) is -0.0809. The minimum atomic E-state index is -0.228. The van der Waals surface area contributed by atoms with E-state index in [9.17, 15) is 9.59 Å². The van der Waals surface area contributed by atoms with Crippen molar-refractivity contribution in [2.75, 3.05) is 12.4 Å². The first-order chi connectivity index (χ1) is 10.6. The predicted molar refractivity (Wildman–Crippen MR) is 90.0 cm³/mol. The first kappa shape index (κ1) is 18.0. The fourth-order valence-electron chi connectivity index (χ4n) is 2.21. The molecule has 0 heterocycles. The van der Waals surface area contributed by atoms with Gasteiger partial charge in [0.2, 0.25) is 5.91 Å². The zero-order valence-corrected chi connectivity index (χ0v) is 13.7. The Morgan fingerprint density at radius 3 is 2.59 bits per heavy atom. The molecule has 0 unspecified atom stereocenters. The molecule has 0 saturated heterocycles. The van der Waals surface area contributed by atoms with E-state index in [1.54, 1.807) is 13.1 Å². The Kier molecular flexibility index (Phi) is 8.04. The lowest BCUT2D eigenvalue weighted by atomic mass is 10.1. The molecule has 0 saturated carbocycles. The molecule has 122 valence electrons. The van der Waals surface area contributed by atoms with Gasteiger partial charge in [0.1, 0.15) is 0 Å². The van der Waals surface area contributed by atoms with Crippen LogP contribution in [0.5, 0.6) is 0 Å². The van der Waals surface area contributed by atoms with Gasteiger partial charge in [0.15, 0.2) is 0 Å². The van der Waals surface area contributed by atoms with Crippen LogP contribution in [0.2, 0.25) is 0 Å². The highest BCUT2D eigenvalue weighted by Crippen LogP contribution is 2.15. The number of benzene rings is 1. The highest BCUT2D eigenvalue weighted by atomic mass is 16.2. The van der Waals surface area contributed by atoms with Crippen LogP contribution in [0, 0.1) is 0 Å². The van der Waals surface area contributed by atoms with Gasteiger partial charge in [0, 0.05) is 18.8 Å². The highest BCUT2D eigenvalue weighted by molar-refractivity contribution is 5.91. The van der Waals surface area contributed by atoms with E-state index in [0.29, 0.717) is 5.69 Å². The number of likely N-dealkylation sites (N-methyl/N-ethyl adjacent to an activating group) is 1. The Labute approximate surface area is 132 Å². The van der Waals surface area contributed by atoms with E-state index in [1.165, 1.54) is 12.8 Å². The van der Waals surface area contributed by atoms with Gasteiger partial charge in [-0.15, -0.1) is 0 Å². The zero-order valence-electron chi connectivity index (χ0n) is 13.7. The third-order valence-electron chi connectivity index (χ3n) is 3.51. The average molecular weight is 305 g/mol. The van der Waals surface area contributed by atoms with Crippen molar-refractivity contribution in [2.24, 2.45) is 0 Å². The molecule has 0 aliphatic heterocycles. The lowest BCUT2D eigenvalue weighted by molar-refractivity contribution is -0.119. The van der Waals surface area contributed by atoms with Crippen molar-refractivity contribution in [3.8, 4) is 0 Å². The average Bonchev–Trinajstić information content (AvgIpc) is 2.49. The molecule has 0 fully saturated rings. The molecule has 5 heteroatoms. The number of hydrogen-bond acceptors (Lipinski definition) is 2. The van der Waals surface area contributed by atoms with Gasteiger partial charge in [-0.2, -0.15) is 0 Å². The van der Waals surface area contributed by atoms with Crippen molar-refractivity contribution >= 4 is 17.6 Å². The SMILES string of the molecule is CCCCC[C@@H](C)NC(=O)Nc1ccccc1CC(=O)NC. The highest BCUT2D eigenvalue weighted by Gasteiger charge is 2.11. The van der Waals surface area contributed by atoms with Crippen LogP contribution in [-0.4, -0.2) is 25.0 Å². The van der Waals surface area contributed by atoms with E-state index in [0.717, 1.165) is 18.4 Å². The van der Waals surface area contributed by atoms with Crippen LogP contribution in [0.4, 0.5) is 10.5 Å². The number of carbonyl (C=O) groups is 2. The van der Waals surface area contributed by atoms with Gasteiger partial charge in [-0.05, 0) is 25.0 Å². The van der Waals surface area contributed by atoms with Crippen molar-refractivity contribution in [3.63, 3.8) is 0 Å². The maximum atomic E-state index is 12.0. The number of hydrogen-bond donors (Lipinski definition) is 3. The number of para-hydroxylation sites is 1. The van der Waals surface area contributed by atoms with Gasteiger partial charge in [-0.1, -0.05) is 44.4 Å². The second-order valence-electron chi connectivity index (χ2n) is 5.50. The van der Waals surface area contributed by atoms with E-state index >= 15 is 0 Å². The molecule has 1 aromatic rings. The number of anilines is 1.